The molecule has 8 aliphatic rings. The Hall–Kier alpha value is -1.76. The molecule has 19 heteroatoms. The van der Waals surface area contributed by atoms with Gasteiger partial charge in [0.05, 0.1) is 36.9 Å². The number of fused-ring (bicyclic) bond motifs is 7. The van der Waals surface area contributed by atoms with Crippen molar-refractivity contribution in [1.29, 1.82) is 0 Å². The molecule has 3 saturated heterocycles. The van der Waals surface area contributed by atoms with Gasteiger partial charge in [0.2, 0.25) is 6.29 Å². The number of ketones is 1. The number of Topliss-reactive ketones (excluding diaryl/α,β-unsaturated/α-hetero) is 1. The van der Waals surface area contributed by atoms with Gasteiger partial charge in [0, 0.05) is 17.8 Å². The maximum atomic E-state index is 15.0. The van der Waals surface area contributed by atoms with Gasteiger partial charge in [-0.1, -0.05) is 60.1 Å². The third-order valence-electron chi connectivity index (χ3n) is 19.2. The lowest BCUT2D eigenvalue weighted by Gasteiger charge is -2.71. The Kier molecular flexibility index (Phi) is 13.7. The predicted octanol–water partition coefficient (Wildman–Crippen LogP) is -0.682. The molecule has 382 valence electrons. The van der Waals surface area contributed by atoms with Gasteiger partial charge in [0.15, 0.2) is 12.6 Å². The van der Waals surface area contributed by atoms with Crippen LogP contribution in [0.2, 0.25) is 0 Å². The second-order valence-corrected chi connectivity index (χ2v) is 23.5. The average Bonchev–Trinajstić information content (AvgIpc) is 3.26. The number of hydrogen-bond donors (Lipinski definition) is 11. The van der Waals surface area contributed by atoms with Crippen LogP contribution in [0.3, 0.4) is 0 Å². The highest BCUT2D eigenvalue weighted by Crippen LogP contribution is 2.75. The van der Waals surface area contributed by atoms with E-state index in [9.17, 15) is 65.8 Å². The van der Waals surface area contributed by atoms with Crippen LogP contribution in [0.5, 0.6) is 0 Å². The number of aliphatic hydroxyl groups is 11. The first-order chi connectivity index (χ1) is 31.1. The van der Waals surface area contributed by atoms with Crippen molar-refractivity contribution in [1.82, 2.24) is 0 Å². The molecule has 67 heavy (non-hydrogen) atoms. The molecule has 3 heterocycles. The molecule has 8 rings (SSSR count). The molecule has 24 atom stereocenters. The second-order valence-electron chi connectivity index (χ2n) is 23.5. The topological polar surface area (TPSA) is 312 Å². The summed E-state index contributed by atoms with van der Waals surface area (Å²) in [7, 11) is 0. The number of rotatable bonds is 8. The molecule has 0 radical (unpaired) electrons. The van der Waals surface area contributed by atoms with Gasteiger partial charge in [-0.25, -0.2) is 0 Å². The van der Waals surface area contributed by atoms with Crippen molar-refractivity contribution in [2.45, 2.75) is 211 Å². The van der Waals surface area contributed by atoms with E-state index in [1.165, 1.54) is 6.92 Å². The summed E-state index contributed by atoms with van der Waals surface area (Å²) in [6.07, 6.45) is -20.5. The van der Waals surface area contributed by atoms with E-state index in [4.69, 9.17) is 28.4 Å². The maximum Gasteiger partial charge on any atom is 0.315 e. The van der Waals surface area contributed by atoms with Crippen LogP contribution in [-0.4, -0.2) is 185 Å². The Morgan fingerprint density at radius 1 is 0.716 bits per heavy atom. The van der Waals surface area contributed by atoms with Crippen LogP contribution in [0, 0.1) is 50.2 Å². The lowest BCUT2D eigenvalue weighted by Crippen LogP contribution is -2.68. The van der Waals surface area contributed by atoms with Gasteiger partial charge >= 0.3 is 5.97 Å². The Morgan fingerprint density at radius 2 is 1.34 bits per heavy atom. The van der Waals surface area contributed by atoms with Crippen LogP contribution in [-0.2, 0) is 38.0 Å². The van der Waals surface area contributed by atoms with Crippen molar-refractivity contribution < 1.29 is 94.2 Å². The summed E-state index contributed by atoms with van der Waals surface area (Å²) < 4.78 is 34.4. The number of carbonyl (C=O) groups excluding carboxylic acids is 2. The molecule has 0 bridgehead atoms. The number of carbonyl (C=O) groups is 2. The van der Waals surface area contributed by atoms with Crippen LogP contribution < -0.4 is 0 Å². The predicted molar refractivity (Wildman–Crippen MR) is 231 cm³/mol. The molecule has 11 N–H and O–H groups in total. The minimum Gasteiger partial charge on any atom is -0.432 e. The zero-order valence-electron chi connectivity index (χ0n) is 39.9. The van der Waals surface area contributed by atoms with Crippen molar-refractivity contribution in [3.8, 4) is 0 Å². The summed E-state index contributed by atoms with van der Waals surface area (Å²) in [5.41, 5.74) is -2.88. The summed E-state index contributed by atoms with van der Waals surface area (Å²) in [5, 5.41) is 120. The van der Waals surface area contributed by atoms with E-state index >= 15 is 0 Å². The third-order valence-corrected chi connectivity index (χ3v) is 19.2. The normalized spacial score (nSPS) is 53.8. The number of hydrogen-bond acceptors (Lipinski definition) is 19. The molecule has 4 saturated carbocycles. The molecule has 7 fully saturated rings. The Balaban J connectivity index is 1.00. The van der Waals surface area contributed by atoms with E-state index in [0.29, 0.717) is 12.8 Å². The molecule has 0 spiro atoms. The molecular formula is C48H76O19. The van der Waals surface area contributed by atoms with Crippen molar-refractivity contribution in [3.05, 3.63) is 11.6 Å². The highest BCUT2D eigenvalue weighted by atomic mass is 16.8. The van der Waals surface area contributed by atoms with Crippen LogP contribution >= 0.6 is 0 Å². The summed E-state index contributed by atoms with van der Waals surface area (Å²) in [6.45, 7) is 14.7. The van der Waals surface area contributed by atoms with Crippen molar-refractivity contribution >= 4 is 11.8 Å². The first-order valence-corrected chi connectivity index (χ1v) is 24.2. The third kappa shape index (κ3) is 7.92. The highest BCUT2D eigenvalue weighted by molar-refractivity contribution is 5.92. The molecule has 0 amide bonds. The molecule has 0 aromatic heterocycles. The number of aliphatic hydroxyl groups excluding tert-OH is 11. The maximum absolute atomic E-state index is 15.0. The van der Waals surface area contributed by atoms with Crippen molar-refractivity contribution in [3.63, 3.8) is 0 Å². The SMILES string of the molecule is CC1OC(OC2C(CO)OC(OCC3OC(OC(=O)C45CCC6(C)C(=CC(O)C7C8(C)CCC(O)C(C)(C)C8CCC76C)C4CC(C)(C)C(=O)C5)C(O)C(O)C3O)C(O)C2O)C(O)C(O)C1O. The van der Waals surface area contributed by atoms with E-state index in [-0.39, 0.29) is 47.7 Å². The second kappa shape index (κ2) is 17.8. The molecule has 5 aliphatic carbocycles. The number of allylic oxidation sites excluding steroid dienone is 1. The summed E-state index contributed by atoms with van der Waals surface area (Å²) in [6, 6.07) is 0. The van der Waals surface area contributed by atoms with Gasteiger partial charge in [-0.15, -0.1) is 0 Å². The monoisotopic (exact) mass is 956 g/mol. The van der Waals surface area contributed by atoms with Crippen molar-refractivity contribution in [2.75, 3.05) is 13.2 Å². The summed E-state index contributed by atoms with van der Waals surface area (Å²) >= 11 is 0. The average molecular weight is 957 g/mol. The lowest BCUT2D eigenvalue weighted by molar-refractivity contribution is -0.361. The van der Waals surface area contributed by atoms with Gasteiger partial charge in [0.1, 0.15) is 72.9 Å². The molecule has 24 unspecified atom stereocenters. The molecular weight excluding hydrogens is 881 g/mol. The van der Waals surface area contributed by atoms with Gasteiger partial charge in [-0.05, 0) is 85.4 Å². The largest absolute Gasteiger partial charge is 0.432 e. The standard InChI is InChI=1S/C48H76O19/c1-20-29(53)31(55)34(58)40(63-20)66-37-24(18-49)64-39(36(60)33(37)57)62-19-25-30(54)32(56)35(59)41(65-25)67-42(61)48-14-13-46(7)21(22(48)16-43(2,3)28(52)17-48)15-23(50)38-45(6)11-10-27(51)44(4,5)26(45)9-12-47(38,46)8/h15,20,22-27,29-41,49-51,53-60H,9-14,16-19H2,1-8H3. The van der Waals surface area contributed by atoms with Gasteiger partial charge in [-0.3, -0.25) is 9.59 Å². The first kappa shape index (κ1) is 51.6. The zero-order valence-corrected chi connectivity index (χ0v) is 39.9. The van der Waals surface area contributed by atoms with E-state index in [0.717, 1.165) is 24.8 Å². The van der Waals surface area contributed by atoms with Gasteiger partial charge in [0.25, 0.3) is 0 Å². The summed E-state index contributed by atoms with van der Waals surface area (Å²) in [5.74, 6) is -1.51. The molecule has 0 aromatic carbocycles. The van der Waals surface area contributed by atoms with Crippen LogP contribution in [0.4, 0.5) is 0 Å². The van der Waals surface area contributed by atoms with E-state index < -0.39 is 151 Å². The van der Waals surface area contributed by atoms with Crippen LogP contribution in [0.1, 0.15) is 107 Å². The van der Waals surface area contributed by atoms with Gasteiger partial charge < -0.3 is 84.6 Å². The van der Waals surface area contributed by atoms with Gasteiger partial charge in [-0.2, -0.15) is 0 Å². The summed E-state index contributed by atoms with van der Waals surface area (Å²) in [4.78, 5) is 29.0. The molecule has 19 nitrogen and oxygen atoms in total. The minimum atomic E-state index is -1.95. The van der Waals surface area contributed by atoms with Crippen LogP contribution in [0.25, 0.3) is 0 Å². The first-order valence-electron chi connectivity index (χ1n) is 24.2. The molecule has 0 aromatic rings. The fourth-order valence-electron chi connectivity index (χ4n) is 14.7. The highest BCUT2D eigenvalue weighted by Gasteiger charge is 2.72. The van der Waals surface area contributed by atoms with E-state index in [1.807, 2.05) is 19.9 Å². The Bertz CT molecular complexity index is 1890. The Morgan fingerprint density at radius 3 is 2.01 bits per heavy atom. The quantitative estimate of drug-likeness (QED) is 0.106. The van der Waals surface area contributed by atoms with Crippen LogP contribution in [0.15, 0.2) is 11.6 Å². The lowest BCUT2D eigenvalue weighted by atomic mass is 9.33. The minimum absolute atomic E-state index is 0.137. The number of ether oxygens (including phenoxy) is 6. The molecule has 3 aliphatic heterocycles. The Labute approximate surface area is 391 Å². The zero-order chi connectivity index (χ0) is 49.3. The van der Waals surface area contributed by atoms with E-state index in [2.05, 4.69) is 34.6 Å². The van der Waals surface area contributed by atoms with E-state index in [1.54, 1.807) is 0 Å². The van der Waals surface area contributed by atoms with Crippen molar-refractivity contribution in [2.24, 2.45) is 50.2 Å². The number of esters is 1. The fraction of sp³-hybridized carbons (Fsp3) is 0.917. The smallest absolute Gasteiger partial charge is 0.315 e. The fourth-order valence-corrected chi connectivity index (χ4v) is 14.7.